The first-order valence-corrected chi connectivity index (χ1v) is 10.8. The molecule has 0 aromatic heterocycles. The van der Waals surface area contributed by atoms with E-state index in [2.05, 4.69) is 5.32 Å². The van der Waals surface area contributed by atoms with Crippen LogP contribution in [-0.2, 0) is 42.9 Å². The monoisotopic (exact) mass is 511 g/mol. The normalized spacial score (nSPS) is 23.0. The van der Waals surface area contributed by atoms with Gasteiger partial charge in [0.15, 0.2) is 23.7 Å². The van der Waals surface area contributed by atoms with Gasteiger partial charge in [-0.05, 0) is 18.2 Å². The maximum Gasteiger partial charge on any atom is 0.337 e. The highest BCUT2D eigenvalue weighted by Crippen LogP contribution is 2.34. The fraction of sp³-hybridized carbons (Fsp3) is 0.522. The van der Waals surface area contributed by atoms with Gasteiger partial charge in [-0.2, -0.15) is 0 Å². The Hall–Kier alpha value is -3.87. The average molecular weight is 511 g/mol. The lowest BCUT2D eigenvalue weighted by atomic mass is 9.96. The Morgan fingerprint density at radius 1 is 0.889 bits per heavy atom. The first kappa shape index (κ1) is 28.4. The van der Waals surface area contributed by atoms with E-state index in [1.807, 2.05) is 0 Å². The number of esters is 4. The van der Waals surface area contributed by atoms with Crippen LogP contribution in [0.2, 0.25) is 0 Å². The van der Waals surface area contributed by atoms with Gasteiger partial charge in [-0.1, -0.05) is 0 Å². The fourth-order valence-corrected chi connectivity index (χ4v) is 3.53. The van der Waals surface area contributed by atoms with Crippen LogP contribution in [0.3, 0.4) is 0 Å². The first-order chi connectivity index (χ1) is 17.0. The Balaban J connectivity index is 2.52. The maximum atomic E-state index is 12.0. The van der Waals surface area contributed by atoms with Crippen LogP contribution >= 0.6 is 0 Å². The Morgan fingerprint density at radius 3 is 2.06 bits per heavy atom. The molecular weight excluding hydrogens is 482 g/mol. The standard InChI is InChI=1S/C23H29NO12/c1-11(25)24-19-21(34-14(4)28)20(33-13(3)27)18(10-32-12(2)26)36-23(19)35-16-8-7-15(22(29)31-6)9-17(16)30-5/h7-9,18-21,23H,10H2,1-6H3,(H,24,25). The molecule has 1 fully saturated rings. The molecule has 1 aromatic carbocycles. The number of amides is 1. The van der Waals surface area contributed by atoms with Crippen molar-refractivity contribution in [3.8, 4) is 11.5 Å². The summed E-state index contributed by atoms with van der Waals surface area (Å²) in [5, 5.41) is 2.59. The summed E-state index contributed by atoms with van der Waals surface area (Å²) in [6.07, 6.45) is -5.03. The average Bonchev–Trinajstić information content (AvgIpc) is 2.80. The van der Waals surface area contributed by atoms with Gasteiger partial charge in [0.2, 0.25) is 12.2 Å². The van der Waals surface area contributed by atoms with Crippen molar-refractivity contribution >= 4 is 29.8 Å². The van der Waals surface area contributed by atoms with Gasteiger partial charge in [0.25, 0.3) is 0 Å². The molecule has 1 heterocycles. The summed E-state index contributed by atoms with van der Waals surface area (Å²) >= 11 is 0. The molecule has 0 bridgehead atoms. The summed E-state index contributed by atoms with van der Waals surface area (Å²) < 4.78 is 37.7. The van der Waals surface area contributed by atoms with Crippen molar-refractivity contribution in [3.05, 3.63) is 23.8 Å². The van der Waals surface area contributed by atoms with Crippen molar-refractivity contribution in [2.75, 3.05) is 20.8 Å². The van der Waals surface area contributed by atoms with Gasteiger partial charge in [0.05, 0.1) is 19.8 Å². The minimum absolute atomic E-state index is 0.101. The molecule has 1 aromatic rings. The van der Waals surface area contributed by atoms with Crippen LogP contribution in [-0.4, -0.2) is 81.3 Å². The van der Waals surface area contributed by atoms with E-state index in [0.29, 0.717) is 0 Å². The number of hydrogen-bond acceptors (Lipinski definition) is 12. The molecule has 0 spiro atoms. The van der Waals surface area contributed by atoms with E-state index in [1.165, 1.54) is 46.3 Å². The molecule has 5 atom stereocenters. The van der Waals surface area contributed by atoms with E-state index >= 15 is 0 Å². The second kappa shape index (κ2) is 12.7. The van der Waals surface area contributed by atoms with Crippen molar-refractivity contribution in [3.63, 3.8) is 0 Å². The molecule has 0 radical (unpaired) electrons. The summed E-state index contributed by atoms with van der Waals surface area (Å²) in [5.41, 5.74) is 0.185. The zero-order valence-corrected chi connectivity index (χ0v) is 20.7. The highest BCUT2D eigenvalue weighted by atomic mass is 16.7. The lowest BCUT2D eigenvalue weighted by Crippen LogP contribution is -2.67. The molecule has 1 amide bonds. The van der Waals surface area contributed by atoms with Gasteiger partial charge >= 0.3 is 23.9 Å². The highest BCUT2D eigenvalue weighted by molar-refractivity contribution is 5.90. The molecule has 13 heteroatoms. The molecule has 1 N–H and O–H groups in total. The number of nitrogens with one attached hydrogen (secondary N) is 1. The van der Waals surface area contributed by atoms with E-state index in [0.717, 1.165) is 13.8 Å². The van der Waals surface area contributed by atoms with Gasteiger partial charge in [0.1, 0.15) is 18.8 Å². The first-order valence-electron chi connectivity index (χ1n) is 10.8. The summed E-state index contributed by atoms with van der Waals surface area (Å²) in [5.74, 6) is -3.00. The summed E-state index contributed by atoms with van der Waals surface area (Å²) in [6, 6.07) is 3.04. The molecule has 5 unspecified atom stereocenters. The second-order valence-corrected chi connectivity index (χ2v) is 7.69. The Labute approximate surface area is 207 Å². The van der Waals surface area contributed by atoms with E-state index in [-0.39, 0.29) is 23.7 Å². The molecular formula is C23H29NO12. The predicted molar refractivity (Wildman–Crippen MR) is 119 cm³/mol. The number of carbonyl (C=O) groups is 5. The molecule has 1 saturated heterocycles. The van der Waals surface area contributed by atoms with Gasteiger partial charge in [-0.15, -0.1) is 0 Å². The van der Waals surface area contributed by atoms with Crippen molar-refractivity contribution in [2.45, 2.75) is 58.3 Å². The molecule has 0 saturated carbocycles. The van der Waals surface area contributed by atoms with Crippen LogP contribution < -0.4 is 14.8 Å². The van der Waals surface area contributed by atoms with Crippen molar-refractivity contribution in [1.29, 1.82) is 0 Å². The molecule has 1 aliphatic rings. The van der Waals surface area contributed by atoms with Crippen LogP contribution in [0.5, 0.6) is 11.5 Å². The number of benzene rings is 1. The Morgan fingerprint density at radius 2 is 1.53 bits per heavy atom. The third-order valence-corrected chi connectivity index (χ3v) is 4.90. The predicted octanol–water partition coefficient (Wildman–Crippen LogP) is 0.517. The van der Waals surface area contributed by atoms with Gasteiger partial charge in [-0.3, -0.25) is 19.2 Å². The van der Waals surface area contributed by atoms with Crippen molar-refractivity contribution in [1.82, 2.24) is 5.32 Å². The summed E-state index contributed by atoms with van der Waals surface area (Å²) in [6.45, 7) is 4.29. The lowest BCUT2D eigenvalue weighted by Gasteiger charge is -2.44. The van der Waals surface area contributed by atoms with Crippen LogP contribution in [0.4, 0.5) is 0 Å². The number of rotatable bonds is 9. The quantitative estimate of drug-likeness (QED) is 0.362. The van der Waals surface area contributed by atoms with Gasteiger partial charge < -0.3 is 38.5 Å². The van der Waals surface area contributed by atoms with Crippen LogP contribution in [0.25, 0.3) is 0 Å². The van der Waals surface area contributed by atoms with E-state index in [9.17, 15) is 24.0 Å². The number of carbonyl (C=O) groups excluding carboxylic acids is 5. The Kier molecular flexibility index (Phi) is 10.0. The third kappa shape index (κ3) is 7.57. The molecule has 2 rings (SSSR count). The van der Waals surface area contributed by atoms with E-state index in [1.54, 1.807) is 0 Å². The summed E-state index contributed by atoms with van der Waals surface area (Å²) in [7, 11) is 2.57. The minimum Gasteiger partial charge on any atom is -0.493 e. The molecule has 36 heavy (non-hydrogen) atoms. The lowest BCUT2D eigenvalue weighted by molar-refractivity contribution is -0.257. The third-order valence-electron chi connectivity index (χ3n) is 4.90. The summed E-state index contributed by atoms with van der Waals surface area (Å²) in [4.78, 5) is 59.1. The smallest absolute Gasteiger partial charge is 0.337 e. The van der Waals surface area contributed by atoms with Gasteiger partial charge in [0, 0.05) is 27.7 Å². The number of methoxy groups -OCH3 is 2. The largest absolute Gasteiger partial charge is 0.493 e. The molecule has 198 valence electrons. The zero-order chi connectivity index (χ0) is 27.0. The van der Waals surface area contributed by atoms with Gasteiger partial charge in [-0.25, -0.2) is 4.79 Å². The van der Waals surface area contributed by atoms with Crippen molar-refractivity contribution in [2.24, 2.45) is 0 Å². The zero-order valence-electron chi connectivity index (χ0n) is 20.7. The van der Waals surface area contributed by atoms with Crippen LogP contribution in [0.15, 0.2) is 18.2 Å². The number of hydrogen-bond donors (Lipinski definition) is 1. The van der Waals surface area contributed by atoms with E-state index in [4.69, 9.17) is 33.2 Å². The van der Waals surface area contributed by atoms with Crippen LogP contribution in [0, 0.1) is 0 Å². The topological polar surface area (TPSA) is 162 Å². The van der Waals surface area contributed by atoms with E-state index < -0.39 is 60.4 Å². The second-order valence-electron chi connectivity index (χ2n) is 7.69. The van der Waals surface area contributed by atoms with Crippen LogP contribution in [0.1, 0.15) is 38.1 Å². The maximum absolute atomic E-state index is 12.0. The minimum atomic E-state index is -1.34. The number of ether oxygens (including phenoxy) is 7. The SMILES string of the molecule is COC(=O)c1ccc(OC2OC(COC(C)=O)C(OC(C)=O)C(OC(C)=O)C2NC(C)=O)c(OC)c1. The Bertz CT molecular complexity index is 993. The van der Waals surface area contributed by atoms with Crippen molar-refractivity contribution < 1.29 is 57.1 Å². The highest BCUT2D eigenvalue weighted by Gasteiger charge is 2.52. The fourth-order valence-electron chi connectivity index (χ4n) is 3.53. The molecule has 13 nitrogen and oxygen atoms in total. The molecule has 0 aliphatic carbocycles. The molecule has 1 aliphatic heterocycles.